The number of likely N-dealkylation sites (tertiary alicyclic amines) is 5. The van der Waals surface area contributed by atoms with Gasteiger partial charge in [-0.2, -0.15) is 0 Å². The predicted molar refractivity (Wildman–Crippen MR) is 510 cm³/mol. The Hall–Kier alpha value is -7.73. The van der Waals surface area contributed by atoms with E-state index in [0.717, 1.165) is 175 Å². The number of benzene rings is 5. The van der Waals surface area contributed by atoms with Crippen molar-refractivity contribution in [3.63, 3.8) is 0 Å². The predicted octanol–water partition coefficient (Wildman–Crippen LogP) is 15.3. The molecule has 0 aromatic heterocycles. The van der Waals surface area contributed by atoms with Crippen LogP contribution in [-0.4, -0.2) is 244 Å². The van der Waals surface area contributed by atoms with Crippen molar-refractivity contribution in [2.75, 3.05) is 110 Å². The molecule has 5 saturated heterocycles. The second-order valence-electron chi connectivity index (χ2n) is 47.9. The third-order valence-corrected chi connectivity index (χ3v) is 42.4. The van der Waals surface area contributed by atoms with Gasteiger partial charge in [-0.05, 0) is 336 Å². The smallest absolute Gasteiger partial charge is 0.169 e. The van der Waals surface area contributed by atoms with Gasteiger partial charge in [-0.3, -0.25) is 24.4 Å². The molecular formula is C114H141N5O15. The summed E-state index contributed by atoms with van der Waals surface area (Å²) in [5.74, 6) is 9.92. The van der Waals surface area contributed by atoms with Crippen LogP contribution in [0.15, 0.2) is 120 Å². The third-order valence-electron chi connectivity index (χ3n) is 42.4. The van der Waals surface area contributed by atoms with Gasteiger partial charge in [0.1, 0.15) is 69.7 Å². The van der Waals surface area contributed by atoms with Crippen molar-refractivity contribution in [3.8, 4) is 40.2 Å². The molecular weight excluding hydrogens is 1680 g/mol. The quantitative estimate of drug-likeness (QED) is 0.0941. The van der Waals surface area contributed by atoms with E-state index in [-0.39, 0.29) is 103 Å². The van der Waals surface area contributed by atoms with Crippen LogP contribution < -0.4 is 28.4 Å². The fourth-order valence-corrected chi connectivity index (χ4v) is 36.5. The standard InChI is InChI=1S/C27H37NO3.C26H35NO4.C23H27NO3.C19H21NO3.C19H21NO2/c1-16-5-8-18-13-20-25-9-10-27(30-4,19(14-25)24(2,3)29)23-26(25,21(18)22(16)31-23)11-12-28(20)15-17-6-7-17;1-23(2,29)18-13-24-8-9-26(18,30-3)22-25(24)10-11-27(14-15-4-5-15)19(24)12-16-6-7-17(28)21(31-22)20(16)25;1-13-5-6-15-11-17-21-7-8-23(26-4,16(12-21)14(2)25)20-22(21,9-10-24(17)3)18(15)19(13)27-20;1-20-9-8-19-12-5-7-15(22-3)18(19)23-17-14(21-2)6-4-11(16(17)19)10-13(12)20;1-11-4-5-12-10-14-13-6-7-15(21-3)18-19(13,8-9-20(14)2)16(12)17(11)22-18/h5,8,17,19-20,23,29H,6-7,9-15H2,1-4H3;6-7,15,18-19,22,28-29H,4-5,8-14H2,1-3H3;5-8,16-17,20H,9-12H2,1-4H3;4-7,13,18H,8-10H2,1-3H3;4-7,14,18H,8-10H2,1-3H3/t19-,20?,23-,25-,26+,27-;18-,19?,22-,24-,25+,26-;16-,17?,20-,21-,22+,23-;13?,18-,19-;14?,18-,19-/m11100/s1. The lowest BCUT2D eigenvalue weighted by Gasteiger charge is -2.75. The Bertz CT molecular complexity index is 5870. The zero-order chi connectivity index (χ0) is 92.4. The number of hydrogen-bond donors (Lipinski definition) is 3. The first-order valence-electron chi connectivity index (χ1n) is 51.4. The number of fused-ring (bicyclic) bond motifs is 5. The number of carbonyl (C=O) groups excluding carboxylic acids is 1. The molecule has 9 saturated carbocycles. The number of aromatic hydroxyl groups is 1. The average Bonchev–Trinajstić information content (AvgIpc) is 1.38. The highest BCUT2D eigenvalue weighted by molar-refractivity contribution is 5.83. The number of Topliss-reactive ketones (excluding diaryl/α,β-unsaturated/α-hetero) is 1. The molecule has 5 aromatic rings. The Morgan fingerprint density at radius 2 is 0.873 bits per heavy atom. The van der Waals surface area contributed by atoms with Gasteiger partial charge in [-0.1, -0.05) is 72.8 Å². The lowest BCUT2D eigenvalue weighted by atomic mass is 9.34. The minimum absolute atomic E-state index is 0.00616. The van der Waals surface area contributed by atoms with Gasteiger partial charge in [-0.25, -0.2) is 0 Å². The van der Waals surface area contributed by atoms with Crippen molar-refractivity contribution in [1.82, 2.24) is 24.5 Å². The number of ketones is 1. The molecule has 20 nitrogen and oxygen atoms in total. The topological polar surface area (TPSA) is 195 Å². The van der Waals surface area contributed by atoms with Crippen molar-refractivity contribution in [3.05, 3.63) is 192 Å². The lowest BCUT2D eigenvalue weighted by molar-refractivity contribution is -0.300. The average molecular weight is 1820 g/mol. The number of phenolic OH excluding ortho intramolecular Hbond substituents is 1. The number of ether oxygens (including phenoxy) is 11. The highest BCUT2D eigenvalue weighted by atomic mass is 16.6. The molecule has 0 amide bonds. The Labute approximate surface area is 791 Å². The van der Waals surface area contributed by atoms with Crippen molar-refractivity contribution >= 4 is 5.78 Å². The summed E-state index contributed by atoms with van der Waals surface area (Å²) >= 11 is 0. The van der Waals surface area contributed by atoms with Crippen LogP contribution in [0.3, 0.4) is 0 Å². The van der Waals surface area contributed by atoms with Gasteiger partial charge < -0.3 is 72.3 Å². The van der Waals surface area contributed by atoms with E-state index in [1.165, 1.54) is 142 Å². The maximum absolute atomic E-state index is 12.8. The van der Waals surface area contributed by atoms with Crippen LogP contribution in [0.2, 0.25) is 0 Å². The summed E-state index contributed by atoms with van der Waals surface area (Å²) in [6.07, 6.45) is 36.7. The molecule has 5 unspecified atom stereocenters. The summed E-state index contributed by atoms with van der Waals surface area (Å²) in [4.78, 5) is 25.9. The molecule has 134 heavy (non-hydrogen) atoms. The molecule has 0 radical (unpaired) electrons. The number of rotatable bonds is 13. The summed E-state index contributed by atoms with van der Waals surface area (Å²) in [6, 6.07) is 24.4. The van der Waals surface area contributed by atoms with Gasteiger partial charge in [0, 0.05) is 131 Å². The van der Waals surface area contributed by atoms with E-state index < -0.39 is 28.0 Å². The largest absolute Gasteiger partial charge is 0.504 e. The normalized spacial score (nSPS) is 41.3. The van der Waals surface area contributed by atoms with Crippen molar-refractivity contribution in [1.29, 1.82) is 0 Å². The second-order valence-corrected chi connectivity index (χ2v) is 47.9. The first-order valence-corrected chi connectivity index (χ1v) is 51.4. The minimum atomic E-state index is -0.846. The molecule has 20 heteroatoms. The molecule has 3 N–H and O–H groups in total. The van der Waals surface area contributed by atoms with E-state index in [2.05, 4.69) is 151 Å². The van der Waals surface area contributed by atoms with Crippen LogP contribution in [0.4, 0.5) is 0 Å². The van der Waals surface area contributed by atoms with Crippen molar-refractivity contribution in [2.45, 2.75) is 306 Å². The van der Waals surface area contributed by atoms with E-state index in [1.807, 2.05) is 54.0 Å². The van der Waals surface area contributed by atoms with Crippen LogP contribution in [-0.2, 0) is 87.7 Å². The third kappa shape index (κ3) is 10.3. The number of hydrogen-bond acceptors (Lipinski definition) is 20. The number of nitrogens with zero attached hydrogens (tertiary/aromatic N) is 5. The zero-order valence-corrected chi connectivity index (χ0v) is 82.2. The molecule has 28 aliphatic rings. The Morgan fingerprint density at radius 1 is 0.440 bits per heavy atom. The SMILES string of the molecule is COC1=CC=C2C3Cc4ccc(C)c5c4[C@@]2(CCN3C)[C@H]1O5.COC1=CC=C2C3Cc4ccc(OC)c5c4[C@@]2(CCN3C)[C@H]1O5.CO[C@]12C=C[C@@]3(C[C@@H]1C(C)=O)C1Cc4ccc(C)c5c4[C@@]3(CCN1C)[C@H]2O5.CO[C@]12CC[C@@]3(C[C@@H]1C(C)(C)O)C1Cc4ccc(C)c5c4[C@@]3(CCN1CC1CC1)[C@H]2O5.CO[C@]12CC[C@@]3(C[C@@H]1C(C)(C)O)C1Cc4ccc(O)c5c4[C@@]3(CCN1CC1CC1)[C@H]2O5. The second kappa shape index (κ2) is 28.6. The molecule has 33 rings (SSSR count). The molecule has 712 valence electrons. The van der Waals surface area contributed by atoms with Crippen molar-refractivity contribution < 1.29 is 72.2 Å². The lowest BCUT2D eigenvalue weighted by Crippen LogP contribution is -2.82. The molecule has 14 fully saturated rings. The van der Waals surface area contributed by atoms with Gasteiger partial charge in [0.2, 0.25) is 0 Å². The Balaban J connectivity index is 0.0000000879. The number of methoxy groups -OCH3 is 6. The maximum atomic E-state index is 12.8. The Kier molecular flexibility index (Phi) is 18.5. The summed E-state index contributed by atoms with van der Waals surface area (Å²) < 4.78 is 69.6. The number of carbonyl (C=O) groups is 1. The first kappa shape index (κ1) is 86.6. The molecule has 24 atom stereocenters. The maximum Gasteiger partial charge on any atom is 0.169 e. The summed E-state index contributed by atoms with van der Waals surface area (Å²) in [5.41, 5.74) is 17.7. The molecule has 10 heterocycles. The molecule has 5 aromatic carbocycles. The van der Waals surface area contributed by atoms with Crippen LogP contribution in [0.25, 0.3) is 0 Å². The van der Waals surface area contributed by atoms with E-state index in [9.17, 15) is 20.1 Å². The first-order chi connectivity index (χ1) is 64.3. The fraction of sp³-hybridized carbons (Fsp3) is 0.640. The van der Waals surface area contributed by atoms with E-state index in [0.29, 0.717) is 36.0 Å². The number of aryl methyl sites for hydroxylation is 3. The van der Waals surface area contributed by atoms with Crippen LogP contribution in [0.1, 0.15) is 210 Å². The summed E-state index contributed by atoms with van der Waals surface area (Å²) in [7, 11) is 17.4. The van der Waals surface area contributed by atoms with Gasteiger partial charge in [0.05, 0.1) is 54.7 Å². The van der Waals surface area contributed by atoms with Gasteiger partial charge in [-0.15, -0.1) is 0 Å². The monoisotopic (exact) mass is 1820 g/mol. The van der Waals surface area contributed by atoms with E-state index >= 15 is 0 Å². The highest BCUT2D eigenvalue weighted by Gasteiger charge is 2.85. The number of piperidine rings is 5. The van der Waals surface area contributed by atoms with Gasteiger partial charge in [0.15, 0.2) is 35.2 Å². The number of allylic oxidation sites excluding steroid dienone is 4. The van der Waals surface area contributed by atoms with Crippen LogP contribution in [0, 0.1) is 66.6 Å². The molecule has 16 bridgehead atoms. The minimum Gasteiger partial charge on any atom is -0.504 e. The molecule has 10 aliphatic heterocycles. The molecule has 18 aliphatic carbocycles. The highest BCUT2D eigenvalue weighted by Crippen LogP contribution is 2.81. The van der Waals surface area contributed by atoms with Crippen molar-refractivity contribution in [2.24, 2.45) is 45.8 Å². The van der Waals surface area contributed by atoms with E-state index in [4.69, 9.17) is 52.1 Å². The fourth-order valence-electron chi connectivity index (χ4n) is 36.5. The van der Waals surface area contributed by atoms with Crippen LogP contribution in [0.5, 0.6) is 40.2 Å². The number of phenols is 1. The zero-order valence-electron chi connectivity index (χ0n) is 82.2. The number of aliphatic hydroxyl groups is 2. The summed E-state index contributed by atoms with van der Waals surface area (Å²) in [5, 5.41) is 33.6. The van der Waals surface area contributed by atoms with Gasteiger partial charge >= 0.3 is 0 Å². The Morgan fingerprint density at radius 3 is 1.35 bits per heavy atom. The van der Waals surface area contributed by atoms with Crippen LogP contribution >= 0.6 is 0 Å². The molecule has 8 spiro atoms. The number of likely N-dealkylation sites (N-methyl/N-ethyl adjacent to an activating group) is 3. The van der Waals surface area contributed by atoms with E-state index in [1.54, 1.807) is 35.4 Å². The van der Waals surface area contributed by atoms with Gasteiger partial charge in [0.25, 0.3) is 0 Å². The summed E-state index contributed by atoms with van der Waals surface area (Å²) in [6.45, 7) is 24.2.